The fraction of sp³-hybridized carbons (Fsp3) is 0.333. The van der Waals surface area contributed by atoms with Gasteiger partial charge in [-0.15, -0.1) is 0 Å². The van der Waals surface area contributed by atoms with Crippen molar-refractivity contribution in [3.63, 3.8) is 0 Å². The van der Waals surface area contributed by atoms with E-state index in [4.69, 9.17) is 0 Å². The summed E-state index contributed by atoms with van der Waals surface area (Å²) in [5.41, 5.74) is 4.74. The molecule has 0 heteroatoms. The first-order valence-corrected chi connectivity index (χ1v) is 4.63. The zero-order chi connectivity index (χ0) is 8.13. The first kappa shape index (κ1) is 6.47. The van der Waals surface area contributed by atoms with Crippen molar-refractivity contribution in [1.29, 1.82) is 0 Å². The van der Waals surface area contributed by atoms with Gasteiger partial charge in [-0.2, -0.15) is 0 Å². The molecule has 0 aliphatic heterocycles. The number of hydrogen-bond donors (Lipinski definition) is 0. The molecule has 2 atom stereocenters. The monoisotopic (exact) mass is 156 g/mol. The Morgan fingerprint density at radius 3 is 2.75 bits per heavy atom. The van der Waals surface area contributed by atoms with Gasteiger partial charge in [0, 0.05) is 11.8 Å². The van der Waals surface area contributed by atoms with Gasteiger partial charge >= 0.3 is 0 Å². The summed E-state index contributed by atoms with van der Waals surface area (Å²) in [5, 5.41) is 0. The van der Waals surface area contributed by atoms with E-state index in [0.29, 0.717) is 0 Å². The van der Waals surface area contributed by atoms with Crippen LogP contribution in [-0.2, 0) is 0 Å². The van der Waals surface area contributed by atoms with E-state index in [0.717, 1.165) is 11.8 Å². The molecular weight excluding hydrogens is 144 g/mol. The molecule has 1 aromatic rings. The third-order valence-electron chi connectivity index (χ3n) is 3.27. The second-order valence-corrected chi connectivity index (χ2v) is 3.93. The summed E-state index contributed by atoms with van der Waals surface area (Å²) in [6, 6.07) is 8.88. The van der Waals surface area contributed by atoms with E-state index in [1.54, 1.807) is 16.7 Å². The van der Waals surface area contributed by atoms with Crippen molar-refractivity contribution < 1.29 is 0 Å². The van der Waals surface area contributed by atoms with Gasteiger partial charge in [-0.05, 0) is 24.5 Å². The molecule has 0 unspecified atom stereocenters. The van der Waals surface area contributed by atoms with Gasteiger partial charge in [0.05, 0.1) is 0 Å². The molecule has 1 aromatic carbocycles. The number of fused-ring (bicyclic) bond motifs is 5. The molecule has 0 N–H and O–H groups in total. The van der Waals surface area contributed by atoms with Crippen molar-refractivity contribution in [3.8, 4) is 0 Å². The van der Waals surface area contributed by atoms with Crippen LogP contribution >= 0.6 is 0 Å². The zero-order valence-electron chi connectivity index (χ0n) is 7.25. The smallest absolute Gasteiger partial charge is 0.00573 e. The first-order chi connectivity index (χ1) is 5.86. The fourth-order valence-corrected chi connectivity index (χ4v) is 2.70. The van der Waals surface area contributed by atoms with Gasteiger partial charge in [0.1, 0.15) is 0 Å². The summed E-state index contributed by atoms with van der Waals surface area (Å²) >= 11 is 0. The third kappa shape index (κ3) is 0.632. The van der Waals surface area contributed by atoms with E-state index < -0.39 is 0 Å². The standard InChI is InChI=1S/C12H12/c1-8-6-9-7-12(8)11-5-3-2-4-10(9)11/h2-6,9,12H,7H2,1H3/t9-,12-/m1/s1. The Morgan fingerprint density at radius 2 is 1.92 bits per heavy atom. The highest BCUT2D eigenvalue weighted by molar-refractivity contribution is 5.50. The lowest BCUT2D eigenvalue weighted by Crippen LogP contribution is -1.95. The molecule has 2 bridgehead atoms. The lowest BCUT2D eigenvalue weighted by atomic mass is 9.92. The van der Waals surface area contributed by atoms with E-state index in [9.17, 15) is 0 Å². The average Bonchev–Trinajstić information content (AvgIpc) is 2.62. The molecule has 2 aliphatic carbocycles. The summed E-state index contributed by atoms with van der Waals surface area (Å²) < 4.78 is 0. The molecule has 0 aromatic heterocycles. The minimum absolute atomic E-state index is 0.742. The fourth-order valence-electron chi connectivity index (χ4n) is 2.70. The molecule has 0 radical (unpaired) electrons. The number of allylic oxidation sites excluding steroid dienone is 2. The summed E-state index contributed by atoms with van der Waals surface area (Å²) in [7, 11) is 0. The van der Waals surface area contributed by atoms with E-state index in [1.807, 2.05) is 0 Å². The van der Waals surface area contributed by atoms with Gasteiger partial charge in [-0.25, -0.2) is 0 Å². The van der Waals surface area contributed by atoms with Crippen LogP contribution in [-0.4, -0.2) is 0 Å². The van der Waals surface area contributed by atoms with Crippen molar-refractivity contribution >= 4 is 0 Å². The minimum Gasteiger partial charge on any atom is -0.0774 e. The van der Waals surface area contributed by atoms with Crippen LogP contribution in [0.1, 0.15) is 36.3 Å². The molecule has 0 nitrogen and oxygen atoms in total. The highest BCUT2D eigenvalue weighted by Crippen LogP contribution is 2.51. The van der Waals surface area contributed by atoms with Crippen molar-refractivity contribution in [2.75, 3.05) is 0 Å². The van der Waals surface area contributed by atoms with Gasteiger partial charge in [0.25, 0.3) is 0 Å². The topological polar surface area (TPSA) is 0 Å². The molecule has 0 amide bonds. The van der Waals surface area contributed by atoms with Crippen LogP contribution in [0.3, 0.4) is 0 Å². The Bertz CT molecular complexity index is 360. The Morgan fingerprint density at radius 1 is 1.17 bits per heavy atom. The van der Waals surface area contributed by atoms with Crippen molar-refractivity contribution in [3.05, 3.63) is 47.0 Å². The summed E-state index contributed by atoms with van der Waals surface area (Å²) in [5.74, 6) is 1.50. The highest BCUT2D eigenvalue weighted by Gasteiger charge is 2.35. The second kappa shape index (κ2) is 2.01. The maximum Gasteiger partial charge on any atom is 0.00573 e. The molecule has 0 fully saturated rings. The third-order valence-corrected chi connectivity index (χ3v) is 3.27. The Hall–Kier alpha value is -1.04. The van der Waals surface area contributed by atoms with Gasteiger partial charge in [0.15, 0.2) is 0 Å². The number of rotatable bonds is 0. The van der Waals surface area contributed by atoms with Crippen LogP contribution in [0.2, 0.25) is 0 Å². The van der Waals surface area contributed by atoms with Crippen LogP contribution in [0.15, 0.2) is 35.9 Å². The minimum atomic E-state index is 0.742. The predicted octanol–water partition coefficient (Wildman–Crippen LogP) is 3.22. The van der Waals surface area contributed by atoms with Gasteiger partial charge in [-0.1, -0.05) is 35.9 Å². The Kier molecular flexibility index (Phi) is 1.08. The number of hydrogen-bond acceptors (Lipinski definition) is 0. The normalized spacial score (nSPS) is 30.2. The Balaban J connectivity index is 2.23. The van der Waals surface area contributed by atoms with Crippen molar-refractivity contribution in [1.82, 2.24) is 0 Å². The van der Waals surface area contributed by atoms with Crippen molar-refractivity contribution in [2.45, 2.75) is 25.2 Å². The average molecular weight is 156 g/mol. The molecule has 0 heterocycles. The molecular formula is C12H12. The molecule has 12 heavy (non-hydrogen) atoms. The first-order valence-electron chi connectivity index (χ1n) is 4.63. The molecule has 3 rings (SSSR count). The van der Waals surface area contributed by atoms with E-state index >= 15 is 0 Å². The van der Waals surface area contributed by atoms with Crippen molar-refractivity contribution in [2.24, 2.45) is 0 Å². The largest absolute Gasteiger partial charge is 0.0774 e. The molecule has 0 spiro atoms. The van der Waals surface area contributed by atoms with E-state index in [1.165, 1.54) is 6.42 Å². The SMILES string of the molecule is CC1=C[C@@H]2C[C@H]1c1ccccc12. The highest BCUT2D eigenvalue weighted by atomic mass is 14.4. The quantitative estimate of drug-likeness (QED) is 0.506. The van der Waals surface area contributed by atoms with Gasteiger partial charge < -0.3 is 0 Å². The van der Waals surface area contributed by atoms with Crippen LogP contribution in [0.5, 0.6) is 0 Å². The molecule has 0 saturated carbocycles. The Labute approximate surface area is 72.9 Å². The molecule has 2 aliphatic rings. The maximum absolute atomic E-state index is 2.44. The molecule has 60 valence electrons. The summed E-state index contributed by atoms with van der Waals surface area (Å²) in [6.07, 6.45) is 3.78. The van der Waals surface area contributed by atoms with Crippen LogP contribution in [0.4, 0.5) is 0 Å². The van der Waals surface area contributed by atoms with Gasteiger partial charge in [0.2, 0.25) is 0 Å². The van der Waals surface area contributed by atoms with Crippen LogP contribution in [0.25, 0.3) is 0 Å². The summed E-state index contributed by atoms with van der Waals surface area (Å²) in [6.45, 7) is 2.26. The van der Waals surface area contributed by atoms with Gasteiger partial charge in [-0.3, -0.25) is 0 Å². The lowest BCUT2D eigenvalue weighted by Gasteiger charge is -2.13. The predicted molar refractivity (Wildman–Crippen MR) is 50.3 cm³/mol. The van der Waals surface area contributed by atoms with Crippen LogP contribution in [0, 0.1) is 0 Å². The van der Waals surface area contributed by atoms with E-state index in [-0.39, 0.29) is 0 Å². The number of benzene rings is 1. The zero-order valence-corrected chi connectivity index (χ0v) is 7.25. The molecule has 0 saturated heterocycles. The lowest BCUT2D eigenvalue weighted by molar-refractivity contribution is 0.785. The summed E-state index contributed by atoms with van der Waals surface area (Å²) in [4.78, 5) is 0. The second-order valence-electron chi connectivity index (χ2n) is 3.93. The van der Waals surface area contributed by atoms with Crippen LogP contribution < -0.4 is 0 Å². The van der Waals surface area contributed by atoms with E-state index in [2.05, 4.69) is 37.3 Å². The maximum atomic E-state index is 2.44.